The minimum atomic E-state index is 1.13. The molecule has 0 unspecified atom stereocenters. The molecule has 0 N–H and O–H groups in total. The second-order valence-corrected chi connectivity index (χ2v) is 3.06. The van der Waals surface area contributed by atoms with E-state index in [1.54, 1.807) is 11.8 Å². The summed E-state index contributed by atoms with van der Waals surface area (Å²) in [4.78, 5) is 5.50. The number of aryl methyl sites for hydroxylation is 2. The van der Waals surface area contributed by atoms with Crippen molar-refractivity contribution in [3.8, 4) is 12.8 Å². The molecule has 0 aliphatic rings. The van der Waals surface area contributed by atoms with Crippen molar-refractivity contribution in [1.29, 1.82) is 0 Å². The van der Waals surface area contributed by atoms with Gasteiger partial charge in [0.25, 0.3) is 0 Å². The Morgan fingerprint density at radius 2 is 1.71 bits per heavy atom. The Morgan fingerprint density at radius 1 is 1.21 bits per heavy atom. The Kier molecular flexibility index (Phi) is 11.3. The monoisotopic (exact) mass is 209 g/mol. The number of aromatic nitrogens is 1. The van der Waals surface area contributed by atoms with E-state index in [0.29, 0.717) is 0 Å². The van der Waals surface area contributed by atoms with Crippen LogP contribution in [0.1, 0.15) is 25.1 Å². The minimum absolute atomic E-state index is 1.13. The summed E-state index contributed by atoms with van der Waals surface area (Å²) in [5, 5.41) is 0. The Labute approximate surface area is 92.3 Å². The van der Waals surface area contributed by atoms with E-state index in [1.807, 2.05) is 33.0 Å². The second kappa shape index (κ2) is 10.1. The van der Waals surface area contributed by atoms with Gasteiger partial charge in [-0.25, -0.2) is 0 Å². The molecular weight excluding hydrogens is 190 g/mol. The normalized spacial score (nSPS) is 7.64. The molecule has 1 rings (SSSR count). The summed E-state index contributed by atoms with van der Waals surface area (Å²) in [6, 6.07) is 2.04. The second-order valence-electron chi connectivity index (χ2n) is 2.25. The topological polar surface area (TPSA) is 12.9 Å². The summed E-state index contributed by atoms with van der Waals surface area (Å²) in [5.41, 5.74) is 2.45. The van der Waals surface area contributed by atoms with Gasteiger partial charge in [0.2, 0.25) is 0 Å². The number of thioether (sulfide) groups is 1. The van der Waals surface area contributed by atoms with E-state index in [9.17, 15) is 0 Å². The summed E-state index contributed by atoms with van der Waals surface area (Å²) >= 11 is 1.76. The molecule has 0 bridgehead atoms. The van der Waals surface area contributed by atoms with Gasteiger partial charge in [0.05, 0.1) is 5.69 Å². The molecule has 0 saturated carbocycles. The van der Waals surface area contributed by atoms with Crippen LogP contribution in [0.5, 0.6) is 0 Å². The van der Waals surface area contributed by atoms with Gasteiger partial charge in [-0.2, -0.15) is 0 Å². The molecule has 0 amide bonds. The molecule has 0 aromatic carbocycles. The number of terminal acetylenes is 1. The molecule has 2 heteroatoms. The SMILES string of the molecule is C#C.CC.CSc1c(C)ccnc1C. The molecule has 0 saturated heterocycles. The van der Waals surface area contributed by atoms with Crippen molar-refractivity contribution in [2.45, 2.75) is 32.6 Å². The van der Waals surface area contributed by atoms with Crippen molar-refractivity contribution in [2.24, 2.45) is 0 Å². The maximum Gasteiger partial charge on any atom is 0.0510 e. The minimum Gasteiger partial charge on any atom is -0.260 e. The van der Waals surface area contributed by atoms with Gasteiger partial charge in [-0.05, 0) is 31.7 Å². The molecular formula is C12H19NS. The van der Waals surface area contributed by atoms with Crippen LogP contribution in [0.15, 0.2) is 17.2 Å². The van der Waals surface area contributed by atoms with Crippen LogP contribution in [0.2, 0.25) is 0 Å². The lowest BCUT2D eigenvalue weighted by atomic mass is 10.2. The van der Waals surface area contributed by atoms with E-state index in [0.717, 1.165) is 5.69 Å². The van der Waals surface area contributed by atoms with Gasteiger partial charge < -0.3 is 0 Å². The highest BCUT2D eigenvalue weighted by atomic mass is 32.2. The van der Waals surface area contributed by atoms with Crippen LogP contribution < -0.4 is 0 Å². The van der Waals surface area contributed by atoms with Gasteiger partial charge in [0, 0.05) is 11.1 Å². The van der Waals surface area contributed by atoms with Crippen molar-refractivity contribution < 1.29 is 0 Å². The van der Waals surface area contributed by atoms with Crippen molar-refractivity contribution in [3.63, 3.8) is 0 Å². The standard InChI is InChI=1S/C8H11NS.C2H6.C2H2/c1-6-4-5-9-7(2)8(6)10-3;2*1-2/h4-5H,1-3H3;1-2H3;1-2H. The lowest BCUT2D eigenvalue weighted by molar-refractivity contribution is 1.08. The van der Waals surface area contributed by atoms with Gasteiger partial charge in [0.15, 0.2) is 0 Å². The highest BCUT2D eigenvalue weighted by Gasteiger charge is 1.98. The zero-order valence-corrected chi connectivity index (χ0v) is 10.5. The number of rotatable bonds is 1. The van der Waals surface area contributed by atoms with E-state index in [2.05, 4.69) is 31.0 Å². The fourth-order valence-electron chi connectivity index (χ4n) is 0.989. The fraction of sp³-hybridized carbons (Fsp3) is 0.417. The molecule has 0 spiro atoms. The van der Waals surface area contributed by atoms with Crippen molar-refractivity contribution in [3.05, 3.63) is 23.5 Å². The van der Waals surface area contributed by atoms with Crippen molar-refractivity contribution in [2.75, 3.05) is 6.26 Å². The molecule has 1 heterocycles. The van der Waals surface area contributed by atoms with Crippen LogP contribution in [0, 0.1) is 26.7 Å². The lowest BCUT2D eigenvalue weighted by Crippen LogP contribution is -1.86. The summed E-state index contributed by atoms with van der Waals surface area (Å²) in [6.07, 6.45) is 11.9. The van der Waals surface area contributed by atoms with Crippen LogP contribution in [0.3, 0.4) is 0 Å². The van der Waals surface area contributed by atoms with E-state index in [4.69, 9.17) is 0 Å². The first-order valence-corrected chi connectivity index (χ1v) is 5.77. The van der Waals surface area contributed by atoms with E-state index < -0.39 is 0 Å². The predicted octanol–water partition coefficient (Wildman–Crippen LogP) is 3.70. The molecule has 0 atom stereocenters. The van der Waals surface area contributed by atoms with Crippen LogP contribution in [-0.2, 0) is 0 Å². The molecule has 1 nitrogen and oxygen atoms in total. The molecule has 14 heavy (non-hydrogen) atoms. The summed E-state index contributed by atoms with van der Waals surface area (Å²) in [7, 11) is 0. The van der Waals surface area contributed by atoms with Crippen LogP contribution in [-0.4, -0.2) is 11.2 Å². The first kappa shape index (κ1) is 15.5. The van der Waals surface area contributed by atoms with Crippen LogP contribution in [0.4, 0.5) is 0 Å². The average molecular weight is 209 g/mol. The smallest absolute Gasteiger partial charge is 0.0510 e. The number of nitrogens with zero attached hydrogens (tertiary/aromatic N) is 1. The van der Waals surface area contributed by atoms with Crippen molar-refractivity contribution >= 4 is 11.8 Å². The fourth-order valence-corrected chi connectivity index (χ4v) is 1.73. The number of pyridine rings is 1. The highest BCUT2D eigenvalue weighted by Crippen LogP contribution is 2.21. The molecule has 0 aliphatic carbocycles. The Bertz CT molecular complexity index is 246. The molecule has 78 valence electrons. The zero-order chi connectivity index (χ0) is 11.6. The third-order valence-corrected chi connectivity index (χ3v) is 2.51. The van der Waals surface area contributed by atoms with Gasteiger partial charge in [-0.1, -0.05) is 13.8 Å². The molecule has 0 fully saturated rings. The van der Waals surface area contributed by atoms with Crippen LogP contribution >= 0.6 is 11.8 Å². The Hall–Kier alpha value is -0.940. The average Bonchev–Trinajstić information content (AvgIpc) is 2.24. The Morgan fingerprint density at radius 3 is 2.00 bits per heavy atom. The Balaban J connectivity index is 0. The summed E-state index contributed by atoms with van der Waals surface area (Å²) in [6.45, 7) is 8.15. The van der Waals surface area contributed by atoms with E-state index >= 15 is 0 Å². The van der Waals surface area contributed by atoms with Crippen LogP contribution in [0.25, 0.3) is 0 Å². The van der Waals surface area contributed by atoms with E-state index in [-0.39, 0.29) is 0 Å². The van der Waals surface area contributed by atoms with Crippen molar-refractivity contribution in [1.82, 2.24) is 4.98 Å². The zero-order valence-electron chi connectivity index (χ0n) is 9.66. The van der Waals surface area contributed by atoms with Gasteiger partial charge in [-0.3, -0.25) is 4.98 Å². The first-order valence-electron chi connectivity index (χ1n) is 4.55. The maximum absolute atomic E-state index is 4.19. The largest absolute Gasteiger partial charge is 0.260 e. The third kappa shape index (κ3) is 4.94. The molecule has 0 radical (unpaired) electrons. The predicted molar refractivity (Wildman–Crippen MR) is 66.7 cm³/mol. The van der Waals surface area contributed by atoms with Gasteiger partial charge in [-0.15, -0.1) is 24.6 Å². The lowest BCUT2D eigenvalue weighted by Gasteiger charge is -2.03. The quantitative estimate of drug-likeness (QED) is 0.517. The van der Waals surface area contributed by atoms with Gasteiger partial charge >= 0.3 is 0 Å². The van der Waals surface area contributed by atoms with Gasteiger partial charge in [0.1, 0.15) is 0 Å². The molecule has 1 aromatic rings. The first-order chi connectivity index (χ1) is 6.75. The third-order valence-electron chi connectivity index (χ3n) is 1.48. The molecule has 1 aromatic heterocycles. The summed E-state index contributed by atoms with van der Waals surface area (Å²) in [5.74, 6) is 0. The summed E-state index contributed by atoms with van der Waals surface area (Å²) < 4.78 is 0. The number of hydrogen-bond acceptors (Lipinski definition) is 2. The molecule has 0 aliphatic heterocycles. The maximum atomic E-state index is 4.19. The van der Waals surface area contributed by atoms with E-state index in [1.165, 1.54) is 10.5 Å². The number of hydrogen-bond donors (Lipinski definition) is 0. The highest BCUT2D eigenvalue weighted by molar-refractivity contribution is 7.98.